The Bertz CT molecular complexity index is 469. The summed E-state index contributed by atoms with van der Waals surface area (Å²) in [6.45, 7) is 0.776. The second-order valence-corrected chi connectivity index (χ2v) is 5.77. The molecule has 3 rings (SSSR count). The van der Waals surface area contributed by atoms with E-state index in [2.05, 4.69) is 0 Å². The minimum Gasteiger partial charge on any atom is -0.493 e. The molecule has 2 aliphatic rings. The Balaban J connectivity index is 1.64. The Morgan fingerprint density at radius 3 is 2.79 bits per heavy atom. The Labute approximate surface area is 113 Å². The predicted molar refractivity (Wildman–Crippen MR) is 72.8 cm³/mol. The lowest BCUT2D eigenvalue weighted by Crippen LogP contribution is -2.18. The molecule has 0 heterocycles. The largest absolute Gasteiger partial charge is 0.493 e. The molecule has 0 spiro atoms. The van der Waals surface area contributed by atoms with Gasteiger partial charge in [-0.15, -0.1) is 0 Å². The van der Waals surface area contributed by atoms with Crippen molar-refractivity contribution in [2.24, 2.45) is 17.8 Å². The molecule has 3 nitrogen and oxygen atoms in total. The van der Waals surface area contributed by atoms with Gasteiger partial charge in [-0.25, -0.2) is 0 Å². The lowest BCUT2D eigenvalue weighted by atomic mass is 9.89. The van der Waals surface area contributed by atoms with E-state index in [1.54, 1.807) is 19.2 Å². The molecule has 0 N–H and O–H groups in total. The zero-order valence-electron chi connectivity index (χ0n) is 11.3. The van der Waals surface area contributed by atoms with Crippen LogP contribution in [0.25, 0.3) is 0 Å². The maximum absolute atomic E-state index is 10.7. The Morgan fingerprint density at radius 1 is 1.26 bits per heavy atom. The summed E-state index contributed by atoms with van der Waals surface area (Å²) in [5.74, 6) is 3.90. The van der Waals surface area contributed by atoms with Crippen LogP contribution in [0.2, 0.25) is 0 Å². The van der Waals surface area contributed by atoms with Crippen molar-refractivity contribution in [3.05, 3.63) is 23.8 Å². The topological polar surface area (TPSA) is 35.5 Å². The predicted octanol–water partition coefficient (Wildman–Crippen LogP) is 3.32. The number of methoxy groups -OCH3 is 1. The first-order valence-corrected chi connectivity index (χ1v) is 7.06. The van der Waals surface area contributed by atoms with Gasteiger partial charge in [-0.05, 0) is 55.2 Å². The standard InChI is InChI=1S/C16H20O3/c1-18-16-8-12(9-17)3-5-15(16)19-10-14-7-11-2-4-13(14)6-11/h3,5,8-9,11,13-14H,2,4,6-7,10H2,1H3. The van der Waals surface area contributed by atoms with Crippen LogP contribution < -0.4 is 9.47 Å². The Kier molecular flexibility index (Phi) is 3.45. The van der Waals surface area contributed by atoms with E-state index < -0.39 is 0 Å². The summed E-state index contributed by atoms with van der Waals surface area (Å²) >= 11 is 0. The van der Waals surface area contributed by atoms with Crippen LogP contribution in [0.3, 0.4) is 0 Å². The molecule has 0 amide bonds. The molecule has 3 heteroatoms. The minimum absolute atomic E-state index is 0.615. The summed E-state index contributed by atoms with van der Waals surface area (Å²) in [6, 6.07) is 5.32. The molecule has 0 radical (unpaired) electrons. The average molecular weight is 260 g/mol. The van der Waals surface area contributed by atoms with Crippen LogP contribution in [0.5, 0.6) is 11.5 Å². The summed E-state index contributed by atoms with van der Waals surface area (Å²) in [7, 11) is 1.61. The van der Waals surface area contributed by atoms with Crippen molar-refractivity contribution in [1.29, 1.82) is 0 Å². The molecule has 3 unspecified atom stereocenters. The number of carbonyl (C=O) groups excluding carboxylic acids is 1. The van der Waals surface area contributed by atoms with E-state index in [0.717, 1.165) is 30.5 Å². The van der Waals surface area contributed by atoms with Gasteiger partial charge in [-0.2, -0.15) is 0 Å². The molecule has 3 atom stereocenters. The summed E-state index contributed by atoms with van der Waals surface area (Å²) in [5.41, 5.74) is 0.615. The van der Waals surface area contributed by atoms with Crippen LogP contribution in [0.1, 0.15) is 36.0 Å². The highest BCUT2D eigenvalue weighted by molar-refractivity contribution is 5.76. The summed E-state index contributed by atoms with van der Waals surface area (Å²) < 4.78 is 11.2. The number of hydrogen-bond acceptors (Lipinski definition) is 3. The molecule has 2 aliphatic carbocycles. The highest BCUT2D eigenvalue weighted by Crippen LogP contribution is 2.48. The van der Waals surface area contributed by atoms with Gasteiger partial charge < -0.3 is 9.47 Å². The molecule has 0 aromatic heterocycles. The number of ether oxygens (including phenoxy) is 2. The summed E-state index contributed by atoms with van der Waals surface area (Å²) in [4.78, 5) is 10.7. The average Bonchev–Trinajstić information content (AvgIpc) is 3.07. The van der Waals surface area contributed by atoms with E-state index in [1.807, 2.05) is 6.07 Å². The Morgan fingerprint density at radius 2 is 2.16 bits per heavy atom. The SMILES string of the molecule is COc1cc(C=O)ccc1OCC1CC2CCC1C2. The smallest absolute Gasteiger partial charge is 0.161 e. The molecule has 1 aromatic carbocycles. The number of fused-ring (bicyclic) bond motifs is 2. The third-order valence-electron chi connectivity index (χ3n) is 4.66. The van der Waals surface area contributed by atoms with Gasteiger partial charge >= 0.3 is 0 Å². The number of carbonyl (C=O) groups is 1. The number of aldehydes is 1. The summed E-state index contributed by atoms with van der Waals surface area (Å²) in [5, 5.41) is 0. The van der Waals surface area contributed by atoms with E-state index in [4.69, 9.17) is 9.47 Å². The lowest BCUT2D eigenvalue weighted by Gasteiger charge is -2.22. The lowest BCUT2D eigenvalue weighted by molar-refractivity contribution is 0.112. The van der Waals surface area contributed by atoms with Crippen LogP contribution >= 0.6 is 0 Å². The molecule has 102 valence electrons. The van der Waals surface area contributed by atoms with E-state index in [1.165, 1.54) is 25.7 Å². The quantitative estimate of drug-likeness (QED) is 0.762. The van der Waals surface area contributed by atoms with Crippen LogP contribution in [0.4, 0.5) is 0 Å². The molecule has 0 aliphatic heterocycles. The van der Waals surface area contributed by atoms with E-state index in [0.29, 0.717) is 17.2 Å². The molecule has 19 heavy (non-hydrogen) atoms. The number of benzene rings is 1. The van der Waals surface area contributed by atoms with Crippen molar-refractivity contribution < 1.29 is 14.3 Å². The van der Waals surface area contributed by atoms with Gasteiger partial charge in [-0.1, -0.05) is 6.42 Å². The molecule has 0 saturated heterocycles. The Hall–Kier alpha value is -1.51. The third kappa shape index (κ3) is 2.46. The van der Waals surface area contributed by atoms with Crippen molar-refractivity contribution >= 4 is 6.29 Å². The van der Waals surface area contributed by atoms with Gasteiger partial charge in [0.15, 0.2) is 11.5 Å². The fraction of sp³-hybridized carbons (Fsp3) is 0.562. The van der Waals surface area contributed by atoms with E-state index >= 15 is 0 Å². The fourth-order valence-electron chi connectivity index (χ4n) is 3.65. The molecular formula is C16H20O3. The van der Waals surface area contributed by atoms with Gasteiger partial charge in [0.2, 0.25) is 0 Å². The highest BCUT2D eigenvalue weighted by atomic mass is 16.5. The third-order valence-corrected chi connectivity index (χ3v) is 4.66. The monoisotopic (exact) mass is 260 g/mol. The number of hydrogen-bond donors (Lipinski definition) is 0. The van der Waals surface area contributed by atoms with Crippen LogP contribution in [0.15, 0.2) is 18.2 Å². The first-order chi connectivity index (χ1) is 9.30. The van der Waals surface area contributed by atoms with Crippen molar-refractivity contribution in [2.75, 3.05) is 13.7 Å². The number of rotatable bonds is 5. The van der Waals surface area contributed by atoms with Crippen molar-refractivity contribution in [1.82, 2.24) is 0 Å². The molecule has 2 fully saturated rings. The van der Waals surface area contributed by atoms with Gasteiger partial charge in [0, 0.05) is 5.56 Å². The molecule has 2 bridgehead atoms. The van der Waals surface area contributed by atoms with Crippen molar-refractivity contribution in [3.8, 4) is 11.5 Å². The second kappa shape index (κ2) is 5.24. The van der Waals surface area contributed by atoms with Gasteiger partial charge in [0.25, 0.3) is 0 Å². The molecule has 2 saturated carbocycles. The molecular weight excluding hydrogens is 240 g/mol. The molecule has 1 aromatic rings. The van der Waals surface area contributed by atoms with Gasteiger partial charge in [-0.3, -0.25) is 4.79 Å². The van der Waals surface area contributed by atoms with E-state index in [9.17, 15) is 4.79 Å². The van der Waals surface area contributed by atoms with Crippen LogP contribution in [-0.2, 0) is 0 Å². The maximum atomic E-state index is 10.7. The maximum Gasteiger partial charge on any atom is 0.161 e. The van der Waals surface area contributed by atoms with Crippen molar-refractivity contribution in [2.45, 2.75) is 25.7 Å². The first-order valence-electron chi connectivity index (χ1n) is 7.06. The fourth-order valence-corrected chi connectivity index (χ4v) is 3.65. The van der Waals surface area contributed by atoms with Crippen LogP contribution in [-0.4, -0.2) is 20.0 Å². The summed E-state index contributed by atoms with van der Waals surface area (Å²) in [6.07, 6.45) is 6.33. The first kappa shape index (κ1) is 12.5. The minimum atomic E-state index is 0.615. The van der Waals surface area contributed by atoms with Crippen molar-refractivity contribution in [3.63, 3.8) is 0 Å². The zero-order chi connectivity index (χ0) is 13.2. The normalized spacial score (nSPS) is 28.4. The zero-order valence-corrected chi connectivity index (χ0v) is 11.3. The van der Waals surface area contributed by atoms with Gasteiger partial charge in [0.1, 0.15) is 6.29 Å². The van der Waals surface area contributed by atoms with E-state index in [-0.39, 0.29) is 0 Å². The van der Waals surface area contributed by atoms with Gasteiger partial charge in [0.05, 0.1) is 13.7 Å². The van der Waals surface area contributed by atoms with Crippen LogP contribution in [0, 0.1) is 17.8 Å². The second-order valence-electron chi connectivity index (χ2n) is 5.77. The highest BCUT2D eigenvalue weighted by Gasteiger charge is 2.39.